The van der Waals surface area contributed by atoms with Gasteiger partial charge in [0, 0.05) is 27.4 Å². The Kier molecular flexibility index (Phi) is 4.79. The quantitative estimate of drug-likeness (QED) is 0.677. The predicted octanol–water partition coefficient (Wildman–Crippen LogP) is 4.58. The zero-order chi connectivity index (χ0) is 18.1. The number of hydrogen-bond acceptors (Lipinski definition) is 3. The Morgan fingerprint density at radius 2 is 2.00 bits per heavy atom. The first-order chi connectivity index (χ1) is 11.9. The van der Waals surface area contributed by atoms with Crippen molar-refractivity contribution in [3.05, 3.63) is 62.9 Å². The Bertz CT molecular complexity index is 989. The number of carboxylic acid groups (broad SMARTS) is 1. The molecule has 0 radical (unpaired) electrons. The highest BCUT2D eigenvalue weighted by Gasteiger charge is 2.13. The molecule has 2 heterocycles. The zero-order valence-corrected chi connectivity index (χ0v) is 15.1. The number of aryl methyl sites for hydroxylation is 1. The molecule has 0 aliphatic heterocycles. The van der Waals surface area contributed by atoms with Gasteiger partial charge in [0.05, 0.1) is 17.8 Å². The molecule has 3 rings (SSSR count). The summed E-state index contributed by atoms with van der Waals surface area (Å²) in [5.41, 5.74) is 4.03. The lowest BCUT2D eigenvalue weighted by Gasteiger charge is -2.08. The molecule has 0 saturated heterocycles. The number of halogens is 2. The molecule has 0 aliphatic rings. The van der Waals surface area contributed by atoms with Crippen LogP contribution in [0.2, 0.25) is 10.0 Å². The molecule has 5 nitrogen and oxygen atoms in total. The molecule has 7 heteroatoms. The topological polar surface area (TPSA) is 68.0 Å². The van der Waals surface area contributed by atoms with Crippen LogP contribution in [0.25, 0.3) is 17.1 Å². The molecule has 0 fully saturated rings. The van der Waals surface area contributed by atoms with E-state index in [0.29, 0.717) is 22.2 Å². The molecular weight excluding hydrogens is 361 g/mol. The Morgan fingerprint density at radius 1 is 1.32 bits per heavy atom. The summed E-state index contributed by atoms with van der Waals surface area (Å²) in [7, 11) is 0. The summed E-state index contributed by atoms with van der Waals surface area (Å²) in [6.07, 6.45) is 3.21. The van der Waals surface area contributed by atoms with Crippen molar-refractivity contribution in [2.75, 3.05) is 0 Å². The molecule has 128 valence electrons. The number of rotatable bonds is 4. The maximum Gasteiger partial charge on any atom is 0.331 e. The molecule has 0 amide bonds. The van der Waals surface area contributed by atoms with Crippen LogP contribution in [0, 0.1) is 6.92 Å². The van der Waals surface area contributed by atoms with E-state index >= 15 is 0 Å². The summed E-state index contributed by atoms with van der Waals surface area (Å²) in [6, 6.07) is 7.22. The average Bonchev–Trinajstić information content (AvgIpc) is 2.86. The average molecular weight is 376 g/mol. The smallest absolute Gasteiger partial charge is 0.331 e. The number of carboxylic acids is 1. The van der Waals surface area contributed by atoms with E-state index in [1.54, 1.807) is 42.1 Å². The minimum absolute atomic E-state index is 0.234. The molecule has 0 atom stereocenters. The van der Waals surface area contributed by atoms with Crippen LogP contribution in [-0.4, -0.2) is 25.8 Å². The van der Waals surface area contributed by atoms with E-state index in [1.165, 1.54) is 0 Å². The maximum atomic E-state index is 11.0. The van der Waals surface area contributed by atoms with Gasteiger partial charge in [-0.2, -0.15) is 5.10 Å². The largest absolute Gasteiger partial charge is 0.478 e. The Balaban J connectivity index is 2.09. The number of benzene rings is 1. The van der Waals surface area contributed by atoms with Crippen LogP contribution in [0.1, 0.15) is 23.7 Å². The summed E-state index contributed by atoms with van der Waals surface area (Å²) in [6.45, 7) is 3.81. The second kappa shape index (κ2) is 6.86. The number of nitrogens with zero attached hydrogens (tertiary/aromatic N) is 3. The molecule has 1 N–H and O–H groups in total. The number of pyridine rings is 1. The van der Waals surface area contributed by atoms with Gasteiger partial charge in [-0.15, -0.1) is 0 Å². The van der Waals surface area contributed by atoms with E-state index in [1.807, 2.05) is 13.0 Å². The van der Waals surface area contributed by atoms with Crippen molar-refractivity contribution in [2.45, 2.75) is 20.4 Å². The van der Waals surface area contributed by atoms with Crippen LogP contribution >= 0.6 is 23.2 Å². The van der Waals surface area contributed by atoms with E-state index < -0.39 is 5.97 Å². The van der Waals surface area contributed by atoms with E-state index in [0.717, 1.165) is 22.3 Å². The van der Waals surface area contributed by atoms with Crippen molar-refractivity contribution in [1.82, 2.24) is 14.8 Å². The van der Waals surface area contributed by atoms with Crippen LogP contribution in [0.5, 0.6) is 0 Å². The molecule has 0 spiro atoms. The third kappa shape index (κ3) is 3.52. The van der Waals surface area contributed by atoms with E-state index in [9.17, 15) is 4.79 Å². The zero-order valence-electron chi connectivity index (χ0n) is 13.6. The van der Waals surface area contributed by atoms with E-state index in [4.69, 9.17) is 28.3 Å². The minimum Gasteiger partial charge on any atom is -0.478 e. The SMILES string of the molecule is CC(=Cc1cnc2c(C)nn(Cc3c(Cl)cccc3Cl)c2c1)C(=O)O. The first-order valence-electron chi connectivity index (χ1n) is 7.54. The standard InChI is InChI=1S/C18H15Cl2N3O2/c1-10(18(24)25)6-12-7-16-17(21-8-12)11(2)22-23(16)9-13-14(19)4-3-5-15(13)20/h3-8H,9H2,1-2H3,(H,24,25). The summed E-state index contributed by atoms with van der Waals surface area (Å²) in [4.78, 5) is 15.4. The van der Waals surface area contributed by atoms with Crippen molar-refractivity contribution in [3.8, 4) is 0 Å². The lowest BCUT2D eigenvalue weighted by Crippen LogP contribution is -2.03. The summed E-state index contributed by atoms with van der Waals surface area (Å²) in [5, 5.41) is 14.7. The molecular formula is C18H15Cl2N3O2. The van der Waals surface area contributed by atoms with Crippen LogP contribution in [0.3, 0.4) is 0 Å². The highest BCUT2D eigenvalue weighted by Crippen LogP contribution is 2.27. The number of hydrogen-bond donors (Lipinski definition) is 1. The van der Waals surface area contributed by atoms with Gasteiger partial charge in [0.2, 0.25) is 0 Å². The third-order valence-corrected chi connectivity index (χ3v) is 4.58. The van der Waals surface area contributed by atoms with Gasteiger partial charge in [-0.25, -0.2) is 4.79 Å². The van der Waals surface area contributed by atoms with Crippen molar-refractivity contribution < 1.29 is 9.90 Å². The molecule has 0 aliphatic carbocycles. The van der Waals surface area contributed by atoms with Crippen LogP contribution in [-0.2, 0) is 11.3 Å². The first kappa shape index (κ1) is 17.5. The van der Waals surface area contributed by atoms with Crippen LogP contribution < -0.4 is 0 Å². The van der Waals surface area contributed by atoms with Crippen molar-refractivity contribution in [1.29, 1.82) is 0 Å². The van der Waals surface area contributed by atoms with Gasteiger partial charge in [0.15, 0.2) is 0 Å². The van der Waals surface area contributed by atoms with Crippen molar-refractivity contribution in [3.63, 3.8) is 0 Å². The van der Waals surface area contributed by atoms with Crippen LogP contribution in [0.4, 0.5) is 0 Å². The highest BCUT2D eigenvalue weighted by atomic mass is 35.5. The Labute approximate surface area is 154 Å². The second-order valence-electron chi connectivity index (χ2n) is 5.71. The Morgan fingerprint density at radius 3 is 2.64 bits per heavy atom. The molecule has 25 heavy (non-hydrogen) atoms. The monoisotopic (exact) mass is 375 g/mol. The van der Waals surface area contributed by atoms with Gasteiger partial charge < -0.3 is 5.11 Å². The fraction of sp³-hybridized carbons (Fsp3) is 0.167. The summed E-state index contributed by atoms with van der Waals surface area (Å²) < 4.78 is 1.78. The number of aromatic nitrogens is 3. The Hall–Kier alpha value is -2.37. The van der Waals surface area contributed by atoms with Crippen molar-refractivity contribution in [2.24, 2.45) is 0 Å². The predicted molar refractivity (Wildman–Crippen MR) is 99.1 cm³/mol. The van der Waals surface area contributed by atoms with Gasteiger partial charge in [-0.3, -0.25) is 9.67 Å². The highest BCUT2D eigenvalue weighted by molar-refractivity contribution is 6.36. The van der Waals surface area contributed by atoms with Gasteiger partial charge in [0.1, 0.15) is 5.52 Å². The molecule has 1 aromatic carbocycles. The number of aliphatic carboxylic acids is 1. The maximum absolute atomic E-state index is 11.0. The molecule has 0 saturated carbocycles. The second-order valence-corrected chi connectivity index (χ2v) is 6.53. The molecule has 3 aromatic rings. The van der Waals surface area contributed by atoms with Gasteiger partial charge in [-0.1, -0.05) is 29.3 Å². The summed E-state index contributed by atoms with van der Waals surface area (Å²) >= 11 is 12.5. The fourth-order valence-corrected chi connectivity index (χ4v) is 3.09. The lowest BCUT2D eigenvalue weighted by molar-refractivity contribution is -0.132. The van der Waals surface area contributed by atoms with E-state index in [-0.39, 0.29) is 5.57 Å². The normalized spacial score (nSPS) is 11.9. The van der Waals surface area contributed by atoms with Gasteiger partial charge in [0.25, 0.3) is 0 Å². The molecule has 0 unspecified atom stereocenters. The first-order valence-corrected chi connectivity index (χ1v) is 8.30. The third-order valence-electron chi connectivity index (χ3n) is 3.87. The van der Waals surface area contributed by atoms with Gasteiger partial charge in [-0.05, 0) is 43.7 Å². The number of carbonyl (C=O) groups is 1. The van der Waals surface area contributed by atoms with E-state index in [2.05, 4.69) is 10.1 Å². The van der Waals surface area contributed by atoms with Gasteiger partial charge >= 0.3 is 5.97 Å². The lowest BCUT2D eigenvalue weighted by atomic mass is 10.1. The van der Waals surface area contributed by atoms with Crippen LogP contribution in [0.15, 0.2) is 36.0 Å². The van der Waals surface area contributed by atoms with Crippen molar-refractivity contribution >= 4 is 46.3 Å². The number of fused-ring (bicyclic) bond motifs is 1. The minimum atomic E-state index is -0.965. The summed E-state index contributed by atoms with van der Waals surface area (Å²) in [5.74, 6) is -0.965. The fourth-order valence-electron chi connectivity index (χ4n) is 2.57. The molecule has 2 aromatic heterocycles. The molecule has 0 bridgehead atoms.